The summed E-state index contributed by atoms with van der Waals surface area (Å²) < 4.78 is 1.26. The maximum Gasteiger partial charge on any atom is 0.263 e. The van der Waals surface area contributed by atoms with Crippen molar-refractivity contribution in [3.8, 4) is 0 Å². The van der Waals surface area contributed by atoms with Gasteiger partial charge in [-0.2, -0.15) is 5.10 Å². The fourth-order valence-corrected chi connectivity index (χ4v) is 1.14. The number of halogens is 2. The van der Waals surface area contributed by atoms with Crippen molar-refractivity contribution in [2.75, 3.05) is 11.3 Å². The quantitative estimate of drug-likeness (QED) is 0.511. The highest BCUT2D eigenvalue weighted by Gasteiger charge is 1.96. The number of hydrazone groups is 1. The largest absolute Gasteiger partial charge is 0.335 e. The topological polar surface area (TPSA) is 81.1 Å². The highest BCUT2D eigenvalue weighted by molar-refractivity contribution is 5.85. The lowest BCUT2D eigenvalue weighted by Crippen LogP contribution is -2.10. The Bertz CT molecular complexity index is 493. The van der Waals surface area contributed by atoms with Crippen LogP contribution in [-0.2, 0) is 0 Å². The van der Waals surface area contributed by atoms with Gasteiger partial charge >= 0.3 is 0 Å². The van der Waals surface area contributed by atoms with Gasteiger partial charge in [0.2, 0.25) is 0 Å². The van der Waals surface area contributed by atoms with Crippen LogP contribution in [0, 0.1) is 6.92 Å². The molecule has 2 aromatic rings. The monoisotopic (exact) mass is 288 g/mol. The number of nitrogen functional groups attached to an aromatic ring is 1. The molecule has 0 atom stereocenters. The van der Waals surface area contributed by atoms with E-state index < -0.39 is 0 Å². The first-order chi connectivity index (χ1) is 7.75. The highest BCUT2D eigenvalue weighted by Crippen LogP contribution is 2.01. The summed E-state index contributed by atoms with van der Waals surface area (Å²) in [5.41, 5.74) is 4.91. The molecule has 0 aliphatic carbocycles. The van der Waals surface area contributed by atoms with Gasteiger partial charge in [0, 0.05) is 0 Å². The van der Waals surface area contributed by atoms with Crippen LogP contribution in [-0.4, -0.2) is 21.1 Å². The van der Waals surface area contributed by atoms with Gasteiger partial charge in [-0.15, -0.1) is 35.0 Å². The van der Waals surface area contributed by atoms with E-state index in [2.05, 4.69) is 20.7 Å². The third kappa shape index (κ3) is 4.23. The second-order valence-electron chi connectivity index (χ2n) is 3.34. The van der Waals surface area contributed by atoms with E-state index in [-0.39, 0.29) is 24.8 Å². The molecule has 0 aliphatic rings. The molecular weight excluding hydrogens is 275 g/mol. The zero-order valence-corrected chi connectivity index (χ0v) is 11.3. The van der Waals surface area contributed by atoms with Crippen molar-refractivity contribution in [2.24, 2.45) is 5.10 Å². The number of aromatic nitrogens is 3. The van der Waals surface area contributed by atoms with Crippen LogP contribution in [0.1, 0.15) is 11.1 Å². The molecule has 1 aromatic carbocycles. The maximum atomic E-state index is 5.50. The summed E-state index contributed by atoms with van der Waals surface area (Å²) in [6, 6.07) is 8.00. The third-order valence-corrected chi connectivity index (χ3v) is 2.03. The molecule has 1 heterocycles. The zero-order chi connectivity index (χ0) is 11.4. The number of hydrogen-bond acceptors (Lipinski definition) is 5. The molecule has 0 saturated heterocycles. The van der Waals surface area contributed by atoms with Crippen LogP contribution in [0.5, 0.6) is 0 Å². The van der Waals surface area contributed by atoms with Crippen molar-refractivity contribution >= 4 is 37.0 Å². The van der Waals surface area contributed by atoms with Crippen LogP contribution in [0.15, 0.2) is 35.7 Å². The number of aryl methyl sites for hydroxylation is 1. The molecule has 8 heteroatoms. The Hall–Kier alpha value is -1.79. The minimum absolute atomic E-state index is 0. The first kappa shape index (κ1) is 16.2. The number of hydrogen-bond donors (Lipinski definition) is 2. The van der Waals surface area contributed by atoms with Crippen molar-refractivity contribution in [1.82, 2.24) is 14.9 Å². The van der Waals surface area contributed by atoms with Gasteiger partial charge in [-0.25, -0.2) is 10.1 Å². The third-order valence-electron chi connectivity index (χ3n) is 2.03. The second-order valence-corrected chi connectivity index (χ2v) is 3.34. The van der Waals surface area contributed by atoms with E-state index >= 15 is 0 Å². The first-order valence-corrected chi connectivity index (χ1v) is 4.76. The molecule has 98 valence electrons. The smallest absolute Gasteiger partial charge is 0.263 e. The van der Waals surface area contributed by atoms with Crippen LogP contribution in [0.4, 0.5) is 5.95 Å². The molecule has 0 amide bonds. The van der Waals surface area contributed by atoms with Gasteiger partial charge < -0.3 is 5.84 Å². The van der Waals surface area contributed by atoms with Crippen molar-refractivity contribution in [3.05, 3.63) is 41.7 Å². The zero-order valence-electron chi connectivity index (χ0n) is 9.65. The molecule has 2 rings (SSSR count). The Labute approximate surface area is 117 Å². The Morgan fingerprint density at radius 1 is 1.28 bits per heavy atom. The van der Waals surface area contributed by atoms with Crippen LogP contribution in [0.25, 0.3) is 0 Å². The number of benzene rings is 1. The predicted octanol–water partition coefficient (Wildman–Crippen LogP) is 1.59. The molecule has 1 aromatic heterocycles. The van der Waals surface area contributed by atoms with Crippen molar-refractivity contribution in [3.63, 3.8) is 0 Å². The van der Waals surface area contributed by atoms with Crippen molar-refractivity contribution in [2.45, 2.75) is 6.92 Å². The fourth-order valence-electron chi connectivity index (χ4n) is 1.14. The Balaban J connectivity index is 0.00000144. The summed E-state index contributed by atoms with van der Waals surface area (Å²) in [5, 5.41) is 11.3. The number of nitrogens with zero attached hydrogens (tertiary/aromatic N) is 4. The lowest BCUT2D eigenvalue weighted by Gasteiger charge is -1.97. The maximum absolute atomic E-state index is 5.50. The summed E-state index contributed by atoms with van der Waals surface area (Å²) in [5.74, 6) is 5.89. The molecule has 0 aliphatic heterocycles. The second kappa shape index (κ2) is 7.52. The Morgan fingerprint density at radius 2 is 1.94 bits per heavy atom. The van der Waals surface area contributed by atoms with E-state index in [1.807, 2.05) is 31.2 Å². The summed E-state index contributed by atoms with van der Waals surface area (Å²) in [6.45, 7) is 2.04. The van der Waals surface area contributed by atoms with Crippen LogP contribution < -0.4 is 11.3 Å². The van der Waals surface area contributed by atoms with Gasteiger partial charge in [0.1, 0.15) is 6.33 Å². The van der Waals surface area contributed by atoms with Crippen LogP contribution >= 0.6 is 24.8 Å². The van der Waals surface area contributed by atoms with Crippen molar-refractivity contribution in [1.29, 1.82) is 0 Å². The molecular formula is C10H14Cl2N6. The van der Waals surface area contributed by atoms with E-state index in [1.54, 1.807) is 6.21 Å². The number of nitrogens with one attached hydrogen (secondary N) is 1. The average molecular weight is 289 g/mol. The van der Waals surface area contributed by atoms with Gasteiger partial charge in [-0.3, -0.25) is 0 Å². The first-order valence-electron chi connectivity index (χ1n) is 4.76. The summed E-state index contributed by atoms with van der Waals surface area (Å²) in [6.07, 6.45) is 3.08. The van der Waals surface area contributed by atoms with E-state index in [0.717, 1.165) is 5.56 Å². The highest BCUT2D eigenvalue weighted by atomic mass is 35.5. The molecule has 0 unspecified atom stereocenters. The standard InChI is InChI=1S/C10H12N6.2ClH/c1-8-2-4-9(5-3-8)6-12-14-10-15-13-7-16(10)11;;/h2-7H,11H2,1H3,(H,14,15);2*1H/b12-6+;;. The molecule has 6 nitrogen and oxygen atoms in total. The minimum atomic E-state index is 0. The molecule has 0 bridgehead atoms. The van der Waals surface area contributed by atoms with Gasteiger partial charge in [0.25, 0.3) is 5.95 Å². The molecule has 3 N–H and O–H groups in total. The van der Waals surface area contributed by atoms with E-state index in [4.69, 9.17) is 5.84 Å². The van der Waals surface area contributed by atoms with Gasteiger partial charge in [-0.05, 0) is 12.5 Å². The molecule has 0 radical (unpaired) electrons. The number of rotatable bonds is 3. The minimum Gasteiger partial charge on any atom is -0.335 e. The SMILES string of the molecule is Cc1ccc(/C=N/Nc2nncn2N)cc1.Cl.Cl. The fraction of sp³-hybridized carbons (Fsp3) is 0.100. The van der Waals surface area contributed by atoms with Gasteiger partial charge in [0.15, 0.2) is 0 Å². The molecule has 0 saturated carbocycles. The van der Waals surface area contributed by atoms with E-state index in [9.17, 15) is 0 Å². The van der Waals surface area contributed by atoms with E-state index in [1.165, 1.54) is 16.6 Å². The van der Waals surface area contributed by atoms with Gasteiger partial charge in [0.05, 0.1) is 6.21 Å². The molecule has 0 spiro atoms. The lowest BCUT2D eigenvalue weighted by atomic mass is 10.2. The summed E-state index contributed by atoms with van der Waals surface area (Å²) in [7, 11) is 0. The molecule has 18 heavy (non-hydrogen) atoms. The van der Waals surface area contributed by atoms with Crippen LogP contribution in [0.3, 0.4) is 0 Å². The molecule has 0 fully saturated rings. The normalized spacial score (nSPS) is 9.61. The summed E-state index contributed by atoms with van der Waals surface area (Å²) in [4.78, 5) is 0. The Morgan fingerprint density at radius 3 is 2.50 bits per heavy atom. The van der Waals surface area contributed by atoms with E-state index in [0.29, 0.717) is 5.95 Å². The Kier molecular flexibility index (Phi) is 6.77. The predicted molar refractivity (Wildman–Crippen MR) is 77.1 cm³/mol. The average Bonchev–Trinajstić information content (AvgIpc) is 2.68. The van der Waals surface area contributed by atoms with Crippen molar-refractivity contribution < 1.29 is 0 Å². The van der Waals surface area contributed by atoms with Crippen LogP contribution in [0.2, 0.25) is 0 Å². The number of nitrogens with two attached hydrogens (primary N) is 1. The lowest BCUT2D eigenvalue weighted by molar-refractivity contribution is 0.988. The summed E-state index contributed by atoms with van der Waals surface area (Å²) >= 11 is 0. The van der Waals surface area contributed by atoms with Gasteiger partial charge in [-0.1, -0.05) is 29.8 Å². The number of anilines is 1.